The molecule has 0 radical (unpaired) electrons. The number of ether oxygens (including phenoxy) is 1. The fraction of sp³-hybridized carbons (Fsp3) is 0.400. The third-order valence-electron chi connectivity index (χ3n) is 3.45. The molecule has 1 aliphatic rings. The summed E-state index contributed by atoms with van der Waals surface area (Å²) in [5.74, 6) is 2.79. The van der Waals surface area contributed by atoms with E-state index in [0.29, 0.717) is 6.54 Å². The molecule has 4 heteroatoms. The smallest absolute Gasteiger partial charge is 0.232 e. The molecule has 0 aliphatic carbocycles. The Kier molecular flexibility index (Phi) is 3.77. The number of hydrogen-bond donors (Lipinski definition) is 1. The first-order chi connectivity index (χ1) is 9.08. The Balaban J connectivity index is 2.07. The number of β-lactam (4-membered cyclic amide) rings is 1. The summed E-state index contributed by atoms with van der Waals surface area (Å²) < 4.78 is 5.08. The molecule has 1 heterocycles. The third-order valence-corrected chi connectivity index (χ3v) is 3.45. The Labute approximate surface area is 113 Å². The molecule has 0 spiro atoms. The minimum atomic E-state index is -0.708. The van der Waals surface area contributed by atoms with E-state index in [1.54, 1.807) is 18.9 Å². The zero-order valence-corrected chi connectivity index (χ0v) is 11.0. The van der Waals surface area contributed by atoms with E-state index in [-0.39, 0.29) is 11.9 Å². The first kappa shape index (κ1) is 13.4. The van der Waals surface area contributed by atoms with Crippen LogP contribution in [-0.4, -0.2) is 35.2 Å². The summed E-state index contributed by atoms with van der Waals surface area (Å²) in [4.78, 5) is 13.6. The summed E-state index contributed by atoms with van der Waals surface area (Å²) in [5, 5.41) is 9.54. The van der Waals surface area contributed by atoms with Gasteiger partial charge in [-0.1, -0.05) is 18.1 Å². The van der Waals surface area contributed by atoms with Gasteiger partial charge in [-0.3, -0.25) is 4.79 Å². The summed E-state index contributed by atoms with van der Waals surface area (Å²) in [6.07, 6.45) is 4.73. The van der Waals surface area contributed by atoms with E-state index in [2.05, 4.69) is 5.92 Å². The van der Waals surface area contributed by atoms with Crippen molar-refractivity contribution in [1.82, 2.24) is 4.90 Å². The predicted octanol–water partition coefficient (Wildman–Crippen LogP) is 1.04. The molecule has 0 unspecified atom stereocenters. The van der Waals surface area contributed by atoms with E-state index >= 15 is 0 Å². The SMILES string of the molecule is C#C[C@@H]1[C@@H]([C@@H](C)O)C(=O)N1Cc1ccc(OC)cc1. The number of carbonyl (C=O) groups excluding carboxylic acids is 1. The van der Waals surface area contributed by atoms with E-state index in [1.165, 1.54) is 0 Å². The highest BCUT2D eigenvalue weighted by Crippen LogP contribution is 2.31. The lowest BCUT2D eigenvalue weighted by Gasteiger charge is -2.45. The quantitative estimate of drug-likeness (QED) is 0.649. The summed E-state index contributed by atoms with van der Waals surface area (Å²) in [6.45, 7) is 2.05. The number of terminal acetylenes is 1. The average Bonchev–Trinajstić information content (AvgIpc) is 2.41. The minimum absolute atomic E-state index is 0.0891. The molecule has 0 saturated carbocycles. The molecular formula is C15H17NO3. The number of nitrogens with zero attached hydrogens (tertiary/aromatic N) is 1. The number of hydrogen-bond acceptors (Lipinski definition) is 3. The Morgan fingerprint density at radius 2 is 2.11 bits per heavy atom. The van der Waals surface area contributed by atoms with Gasteiger partial charge in [-0.15, -0.1) is 6.42 Å². The molecule has 1 amide bonds. The summed E-state index contributed by atoms with van der Waals surface area (Å²) in [7, 11) is 1.61. The van der Waals surface area contributed by atoms with Crippen LogP contribution >= 0.6 is 0 Å². The highest BCUT2D eigenvalue weighted by atomic mass is 16.5. The van der Waals surface area contributed by atoms with Gasteiger partial charge in [0.1, 0.15) is 11.8 Å². The van der Waals surface area contributed by atoms with E-state index < -0.39 is 12.0 Å². The van der Waals surface area contributed by atoms with Gasteiger partial charge in [0.05, 0.1) is 19.1 Å². The first-order valence-corrected chi connectivity index (χ1v) is 6.16. The van der Waals surface area contributed by atoms with Crippen molar-refractivity contribution in [1.29, 1.82) is 0 Å². The maximum Gasteiger partial charge on any atom is 0.232 e. The van der Waals surface area contributed by atoms with Crippen molar-refractivity contribution >= 4 is 5.91 Å². The molecule has 0 bridgehead atoms. The Morgan fingerprint density at radius 3 is 2.58 bits per heavy atom. The summed E-state index contributed by atoms with van der Waals surface area (Å²) in [6, 6.07) is 7.16. The second kappa shape index (κ2) is 5.33. The zero-order chi connectivity index (χ0) is 14.0. The lowest BCUT2D eigenvalue weighted by Crippen LogP contribution is -2.62. The number of methoxy groups -OCH3 is 1. The largest absolute Gasteiger partial charge is 0.497 e. The average molecular weight is 259 g/mol. The maximum atomic E-state index is 11.9. The molecular weight excluding hydrogens is 242 g/mol. The number of carbonyl (C=O) groups is 1. The van der Waals surface area contributed by atoms with Gasteiger partial charge in [0.25, 0.3) is 0 Å². The lowest BCUT2D eigenvalue weighted by atomic mass is 9.83. The fourth-order valence-corrected chi connectivity index (χ4v) is 2.34. The van der Waals surface area contributed by atoms with Gasteiger partial charge < -0.3 is 14.7 Å². The van der Waals surface area contributed by atoms with Gasteiger partial charge in [0.15, 0.2) is 0 Å². The van der Waals surface area contributed by atoms with Crippen LogP contribution in [0.25, 0.3) is 0 Å². The van der Waals surface area contributed by atoms with Crippen LogP contribution in [0.4, 0.5) is 0 Å². The van der Waals surface area contributed by atoms with Crippen molar-refractivity contribution in [2.45, 2.75) is 25.6 Å². The Morgan fingerprint density at radius 1 is 1.47 bits per heavy atom. The number of aliphatic hydroxyl groups excluding tert-OH is 1. The van der Waals surface area contributed by atoms with Gasteiger partial charge in [-0.25, -0.2) is 0 Å². The van der Waals surface area contributed by atoms with Gasteiger partial charge in [-0.2, -0.15) is 0 Å². The van der Waals surface area contributed by atoms with Crippen LogP contribution in [0.15, 0.2) is 24.3 Å². The molecule has 100 valence electrons. The molecule has 1 aromatic carbocycles. The molecule has 1 N–H and O–H groups in total. The highest BCUT2D eigenvalue weighted by Gasteiger charge is 2.48. The van der Waals surface area contributed by atoms with Gasteiger partial charge in [0.2, 0.25) is 5.91 Å². The van der Waals surface area contributed by atoms with E-state index in [9.17, 15) is 9.90 Å². The van der Waals surface area contributed by atoms with Crippen molar-refractivity contribution in [3.63, 3.8) is 0 Å². The highest BCUT2D eigenvalue weighted by molar-refractivity contribution is 5.87. The summed E-state index contributed by atoms with van der Waals surface area (Å²) in [5.41, 5.74) is 0.985. The van der Waals surface area contributed by atoms with E-state index in [4.69, 9.17) is 11.2 Å². The van der Waals surface area contributed by atoms with E-state index in [0.717, 1.165) is 11.3 Å². The number of rotatable bonds is 4. The lowest BCUT2D eigenvalue weighted by molar-refractivity contribution is -0.160. The zero-order valence-electron chi connectivity index (χ0n) is 11.0. The van der Waals surface area contributed by atoms with Gasteiger partial charge >= 0.3 is 0 Å². The van der Waals surface area contributed by atoms with Crippen molar-refractivity contribution in [3.05, 3.63) is 29.8 Å². The molecule has 2 rings (SSSR count). The van der Waals surface area contributed by atoms with Crippen molar-refractivity contribution in [2.75, 3.05) is 7.11 Å². The number of amides is 1. The normalized spacial score (nSPS) is 23.5. The van der Waals surface area contributed by atoms with Crippen LogP contribution in [0.2, 0.25) is 0 Å². The topological polar surface area (TPSA) is 49.8 Å². The van der Waals surface area contributed by atoms with Crippen LogP contribution in [0, 0.1) is 18.3 Å². The maximum absolute atomic E-state index is 11.9. The van der Waals surface area contributed by atoms with Crippen LogP contribution in [-0.2, 0) is 11.3 Å². The fourth-order valence-electron chi connectivity index (χ4n) is 2.34. The van der Waals surface area contributed by atoms with Crippen LogP contribution in [0.3, 0.4) is 0 Å². The number of likely N-dealkylation sites (tertiary alicyclic amines) is 1. The van der Waals surface area contributed by atoms with Crippen LogP contribution in [0.1, 0.15) is 12.5 Å². The van der Waals surface area contributed by atoms with Crippen LogP contribution in [0.5, 0.6) is 5.75 Å². The van der Waals surface area contributed by atoms with Gasteiger partial charge in [-0.05, 0) is 24.6 Å². The first-order valence-electron chi connectivity index (χ1n) is 6.16. The second-order valence-corrected chi connectivity index (χ2v) is 4.69. The molecule has 4 nitrogen and oxygen atoms in total. The van der Waals surface area contributed by atoms with Crippen molar-refractivity contribution in [3.8, 4) is 18.1 Å². The van der Waals surface area contributed by atoms with Crippen molar-refractivity contribution in [2.24, 2.45) is 5.92 Å². The predicted molar refractivity (Wildman–Crippen MR) is 71.3 cm³/mol. The Bertz CT molecular complexity index is 501. The minimum Gasteiger partial charge on any atom is -0.497 e. The number of aliphatic hydroxyl groups is 1. The molecule has 0 aromatic heterocycles. The third kappa shape index (κ3) is 2.42. The second-order valence-electron chi connectivity index (χ2n) is 4.69. The molecule has 1 fully saturated rings. The molecule has 3 atom stereocenters. The number of benzene rings is 1. The Hall–Kier alpha value is -1.99. The van der Waals surface area contributed by atoms with E-state index in [1.807, 2.05) is 24.3 Å². The molecule has 1 aromatic rings. The molecule has 19 heavy (non-hydrogen) atoms. The summed E-state index contributed by atoms with van der Waals surface area (Å²) >= 11 is 0. The molecule has 1 aliphatic heterocycles. The monoisotopic (exact) mass is 259 g/mol. The van der Waals surface area contributed by atoms with Gasteiger partial charge in [0, 0.05) is 6.54 Å². The van der Waals surface area contributed by atoms with Crippen LogP contribution < -0.4 is 4.74 Å². The van der Waals surface area contributed by atoms with Crippen molar-refractivity contribution < 1.29 is 14.6 Å². The molecule has 1 saturated heterocycles. The standard InChI is InChI=1S/C15H17NO3/c1-4-13-14(10(2)17)15(18)16(13)9-11-5-7-12(19-3)8-6-11/h1,5-8,10,13-14,17H,9H2,2-3H3/t10-,13-,14-/m1/s1.